The lowest BCUT2D eigenvalue weighted by molar-refractivity contribution is 0.0946. The van der Waals surface area contributed by atoms with Crippen LogP contribution < -0.4 is 15.5 Å². The molecule has 0 unspecified atom stereocenters. The van der Waals surface area contributed by atoms with Crippen LogP contribution in [-0.4, -0.2) is 40.0 Å². The standard InChI is InChI=1S/C24H28N6O/c1-17-14-23(28-18(2)27-17)30-12-9-20(10-13-30)29-21-8-11-25-22(15-21)24(31)26-16-19-6-4-3-5-7-19/h3-8,11,14-15,20H,9-10,12-13,16H2,1-2H3,(H,25,29)(H,26,31). The molecule has 4 rings (SSSR count). The van der Waals surface area contributed by atoms with Gasteiger partial charge in [-0.15, -0.1) is 0 Å². The van der Waals surface area contributed by atoms with E-state index in [2.05, 4.69) is 30.5 Å². The van der Waals surface area contributed by atoms with Crippen LogP contribution in [0, 0.1) is 13.8 Å². The lowest BCUT2D eigenvalue weighted by Crippen LogP contribution is -2.39. The predicted octanol–water partition coefficient (Wildman–Crippen LogP) is 3.50. The molecular formula is C24H28N6O. The molecule has 1 aliphatic rings. The zero-order valence-corrected chi connectivity index (χ0v) is 18.0. The van der Waals surface area contributed by atoms with E-state index >= 15 is 0 Å². The molecule has 2 aromatic heterocycles. The predicted molar refractivity (Wildman–Crippen MR) is 122 cm³/mol. The minimum Gasteiger partial charge on any atom is -0.382 e. The molecule has 0 radical (unpaired) electrons. The number of nitrogens with zero attached hydrogens (tertiary/aromatic N) is 4. The van der Waals surface area contributed by atoms with Crippen molar-refractivity contribution in [3.63, 3.8) is 0 Å². The van der Waals surface area contributed by atoms with Crippen LogP contribution in [0.15, 0.2) is 54.7 Å². The van der Waals surface area contributed by atoms with Crippen molar-refractivity contribution >= 4 is 17.4 Å². The van der Waals surface area contributed by atoms with Gasteiger partial charge in [-0.05, 0) is 44.4 Å². The molecule has 3 heterocycles. The molecule has 0 atom stereocenters. The van der Waals surface area contributed by atoms with E-state index in [4.69, 9.17) is 0 Å². The zero-order valence-electron chi connectivity index (χ0n) is 18.0. The normalized spacial score (nSPS) is 14.3. The van der Waals surface area contributed by atoms with Crippen molar-refractivity contribution in [2.45, 2.75) is 39.3 Å². The summed E-state index contributed by atoms with van der Waals surface area (Å²) in [4.78, 5) is 28.0. The third kappa shape index (κ3) is 5.57. The van der Waals surface area contributed by atoms with E-state index in [0.29, 0.717) is 18.3 Å². The Labute approximate surface area is 183 Å². The Balaban J connectivity index is 1.31. The third-order valence-corrected chi connectivity index (χ3v) is 5.43. The first-order valence-electron chi connectivity index (χ1n) is 10.7. The second kappa shape index (κ2) is 9.55. The van der Waals surface area contributed by atoms with Crippen molar-refractivity contribution in [2.75, 3.05) is 23.3 Å². The summed E-state index contributed by atoms with van der Waals surface area (Å²) in [6, 6.07) is 16.0. The molecule has 2 N–H and O–H groups in total. The van der Waals surface area contributed by atoms with Crippen LogP contribution in [-0.2, 0) is 6.54 Å². The van der Waals surface area contributed by atoms with Crippen molar-refractivity contribution in [1.82, 2.24) is 20.3 Å². The van der Waals surface area contributed by atoms with Gasteiger partial charge < -0.3 is 15.5 Å². The summed E-state index contributed by atoms with van der Waals surface area (Å²) in [5.41, 5.74) is 3.40. The Bertz CT molecular complexity index is 1010. The molecule has 0 aliphatic carbocycles. The number of benzene rings is 1. The number of aryl methyl sites for hydroxylation is 2. The third-order valence-electron chi connectivity index (χ3n) is 5.43. The van der Waals surface area contributed by atoms with Crippen LogP contribution in [0.25, 0.3) is 0 Å². The Morgan fingerprint density at radius 1 is 1.06 bits per heavy atom. The summed E-state index contributed by atoms with van der Waals surface area (Å²) in [5.74, 6) is 1.65. The van der Waals surface area contributed by atoms with Gasteiger partial charge in [0.2, 0.25) is 0 Å². The quantitative estimate of drug-likeness (QED) is 0.640. The maximum Gasteiger partial charge on any atom is 0.270 e. The number of nitrogens with one attached hydrogen (secondary N) is 2. The van der Waals surface area contributed by atoms with E-state index < -0.39 is 0 Å². The minimum atomic E-state index is -0.170. The fourth-order valence-electron chi connectivity index (χ4n) is 3.86. The summed E-state index contributed by atoms with van der Waals surface area (Å²) >= 11 is 0. The Kier molecular flexibility index (Phi) is 6.40. The first-order chi connectivity index (χ1) is 15.1. The number of aromatic nitrogens is 3. The molecule has 1 fully saturated rings. The highest BCUT2D eigenvalue weighted by molar-refractivity contribution is 5.93. The van der Waals surface area contributed by atoms with Crippen LogP contribution in [0.3, 0.4) is 0 Å². The number of piperidine rings is 1. The number of carbonyl (C=O) groups excluding carboxylic acids is 1. The fourth-order valence-corrected chi connectivity index (χ4v) is 3.86. The summed E-state index contributed by atoms with van der Waals surface area (Å²) in [7, 11) is 0. The molecule has 3 aromatic rings. The number of amides is 1. The largest absolute Gasteiger partial charge is 0.382 e. The summed E-state index contributed by atoms with van der Waals surface area (Å²) < 4.78 is 0. The smallest absolute Gasteiger partial charge is 0.270 e. The summed E-state index contributed by atoms with van der Waals surface area (Å²) in [6.07, 6.45) is 3.68. The average molecular weight is 417 g/mol. The number of anilines is 2. The lowest BCUT2D eigenvalue weighted by atomic mass is 10.0. The summed E-state index contributed by atoms with van der Waals surface area (Å²) in [6.45, 7) is 6.29. The molecule has 0 bridgehead atoms. The number of hydrogen-bond donors (Lipinski definition) is 2. The average Bonchev–Trinajstić information content (AvgIpc) is 2.78. The van der Waals surface area contributed by atoms with Gasteiger partial charge in [-0.1, -0.05) is 30.3 Å². The molecule has 1 aromatic carbocycles. The van der Waals surface area contributed by atoms with Crippen LogP contribution in [0.1, 0.15) is 40.4 Å². The van der Waals surface area contributed by atoms with Gasteiger partial charge in [0.1, 0.15) is 17.3 Å². The molecule has 7 heteroatoms. The first kappa shape index (κ1) is 20.8. The number of rotatable bonds is 6. The maximum atomic E-state index is 12.5. The maximum absolute atomic E-state index is 12.5. The second-order valence-corrected chi connectivity index (χ2v) is 7.92. The number of carbonyl (C=O) groups is 1. The molecule has 0 spiro atoms. The van der Waals surface area contributed by atoms with Gasteiger partial charge in [-0.3, -0.25) is 9.78 Å². The highest BCUT2D eigenvalue weighted by Crippen LogP contribution is 2.21. The van der Waals surface area contributed by atoms with Crippen LogP contribution >= 0.6 is 0 Å². The Morgan fingerprint density at radius 3 is 2.58 bits per heavy atom. The van der Waals surface area contributed by atoms with Gasteiger partial charge in [0.15, 0.2) is 0 Å². The van der Waals surface area contributed by atoms with Crippen molar-refractivity contribution < 1.29 is 4.79 Å². The monoisotopic (exact) mass is 416 g/mol. The minimum absolute atomic E-state index is 0.170. The van der Waals surface area contributed by atoms with Crippen molar-refractivity contribution in [3.05, 3.63) is 77.5 Å². The SMILES string of the molecule is Cc1cc(N2CCC(Nc3ccnc(C(=O)NCc4ccccc4)c3)CC2)nc(C)n1. The van der Waals surface area contributed by atoms with Gasteiger partial charge in [0, 0.05) is 49.3 Å². The highest BCUT2D eigenvalue weighted by atomic mass is 16.1. The molecule has 7 nitrogen and oxygen atoms in total. The molecule has 1 amide bonds. The number of hydrogen-bond acceptors (Lipinski definition) is 6. The lowest BCUT2D eigenvalue weighted by Gasteiger charge is -2.33. The molecule has 0 saturated carbocycles. The van der Waals surface area contributed by atoms with Gasteiger partial charge in [-0.25, -0.2) is 9.97 Å². The Hall–Kier alpha value is -3.48. The van der Waals surface area contributed by atoms with Crippen LogP contribution in [0.4, 0.5) is 11.5 Å². The second-order valence-electron chi connectivity index (χ2n) is 7.92. The van der Waals surface area contributed by atoms with E-state index in [1.165, 1.54) is 0 Å². The van der Waals surface area contributed by atoms with Gasteiger partial charge in [-0.2, -0.15) is 0 Å². The van der Waals surface area contributed by atoms with E-state index in [0.717, 1.165) is 54.5 Å². The fraction of sp³-hybridized carbons (Fsp3) is 0.333. The topological polar surface area (TPSA) is 83.0 Å². The zero-order chi connectivity index (χ0) is 21.6. The van der Waals surface area contributed by atoms with Gasteiger partial charge in [0.25, 0.3) is 5.91 Å². The molecule has 1 saturated heterocycles. The van der Waals surface area contributed by atoms with Crippen molar-refractivity contribution in [2.24, 2.45) is 0 Å². The highest BCUT2D eigenvalue weighted by Gasteiger charge is 2.21. The van der Waals surface area contributed by atoms with Crippen molar-refractivity contribution in [1.29, 1.82) is 0 Å². The van der Waals surface area contributed by atoms with E-state index in [-0.39, 0.29) is 5.91 Å². The molecule has 160 valence electrons. The Morgan fingerprint density at radius 2 is 1.84 bits per heavy atom. The van der Waals surface area contributed by atoms with E-state index in [9.17, 15) is 4.79 Å². The number of pyridine rings is 1. The summed E-state index contributed by atoms with van der Waals surface area (Å²) in [5, 5.41) is 6.50. The van der Waals surface area contributed by atoms with Crippen molar-refractivity contribution in [3.8, 4) is 0 Å². The van der Waals surface area contributed by atoms with E-state index in [1.54, 1.807) is 6.20 Å². The van der Waals surface area contributed by atoms with Gasteiger partial charge in [0.05, 0.1) is 0 Å². The van der Waals surface area contributed by atoms with Crippen LogP contribution in [0.2, 0.25) is 0 Å². The molecule has 1 aliphatic heterocycles. The molecule has 31 heavy (non-hydrogen) atoms. The first-order valence-corrected chi connectivity index (χ1v) is 10.7. The van der Waals surface area contributed by atoms with Gasteiger partial charge >= 0.3 is 0 Å². The van der Waals surface area contributed by atoms with E-state index in [1.807, 2.05) is 62.4 Å². The van der Waals surface area contributed by atoms with Crippen LogP contribution in [0.5, 0.6) is 0 Å². The molecular weight excluding hydrogens is 388 g/mol.